The molecule has 0 aliphatic heterocycles. The van der Waals surface area contributed by atoms with E-state index in [2.05, 4.69) is 157 Å². The van der Waals surface area contributed by atoms with E-state index in [1.807, 2.05) is 0 Å². The first-order chi connectivity index (χ1) is 18.6. The highest BCUT2D eigenvalue weighted by Gasteiger charge is 2.49. The summed E-state index contributed by atoms with van der Waals surface area (Å²) < 4.78 is 0. The maximum absolute atomic E-state index is 2.57. The molecule has 0 spiro atoms. The molecule has 0 bridgehead atoms. The SMILES string of the molecule is CC(C)(C)c1ccc2c(c1)Cc1c-2ccc(C(C)(C)C)c1[Si](c1ccccc1)(c1ccccc1)C1C=CC=C1. The van der Waals surface area contributed by atoms with Gasteiger partial charge in [-0.1, -0.05) is 157 Å². The van der Waals surface area contributed by atoms with Crippen LogP contribution in [-0.2, 0) is 17.3 Å². The molecule has 2 aliphatic rings. The van der Waals surface area contributed by atoms with Crippen LogP contribution < -0.4 is 15.6 Å². The van der Waals surface area contributed by atoms with E-state index < -0.39 is 8.07 Å². The summed E-state index contributed by atoms with van der Waals surface area (Å²) in [5, 5.41) is 4.60. The van der Waals surface area contributed by atoms with Crippen molar-refractivity contribution in [3.63, 3.8) is 0 Å². The first-order valence-corrected chi connectivity index (χ1v) is 16.5. The minimum Gasteiger partial charge on any atom is -0.0793 e. The van der Waals surface area contributed by atoms with Crippen molar-refractivity contribution in [1.29, 1.82) is 0 Å². The van der Waals surface area contributed by atoms with Crippen LogP contribution in [0.15, 0.2) is 115 Å². The van der Waals surface area contributed by atoms with Crippen molar-refractivity contribution in [3.8, 4) is 11.1 Å². The number of fused-ring (bicyclic) bond motifs is 3. The molecule has 0 unspecified atom stereocenters. The Morgan fingerprint density at radius 2 is 1.18 bits per heavy atom. The Morgan fingerprint density at radius 3 is 1.72 bits per heavy atom. The fraction of sp³-hybridized carbons (Fsp3) is 0.263. The van der Waals surface area contributed by atoms with Crippen molar-refractivity contribution in [1.82, 2.24) is 0 Å². The van der Waals surface area contributed by atoms with Gasteiger partial charge < -0.3 is 0 Å². The lowest BCUT2D eigenvalue weighted by molar-refractivity contribution is 0.590. The van der Waals surface area contributed by atoms with Gasteiger partial charge in [0.15, 0.2) is 8.07 Å². The number of allylic oxidation sites excluding steroid dienone is 4. The van der Waals surface area contributed by atoms with Crippen LogP contribution in [0.25, 0.3) is 11.1 Å². The van der Waals surface area contributed by atoms with Crippen molar-refractivity contribution in [2.45, 2.75) is 64.3 Å². The fourth-order valence-electron chi connectivity index (χ4n) is 6.95. The maximum Gasteiger partial charge on any atom is 0.159 e. The van der Waals surface area contributed by atoms with E-state index in [0.717, 1.165) is 6.42 Å². The Morgan fingerprint density at radius 1 is 0.615 bits per heavy atom. The number of hydrogen-bond acceptors (Lipinski definition) is 0. The molecule has 4 aromatic rings. The van der Waals surface area contributed by atoms with Crippen LogP contribution >= 0.6 is 0 Å². The van der Waals surface area contributed by atoms with Gasteiger partial charge in [-0.15, -0.1) is 0 Å². The van der Waals surface area contributed by atoms with Crippen LogP contribution in [0.4, 0.5) is 0 Å². The highest BCUT2D eigenvalue weighted by atomic mass is 28.3. The average Bonchev–Trinajstić information content (AvgIpc) is 3.58. The molecule has 0 amide bonds. The Bertz CT molecular complexity index is 1520. The molecule has 0 fully saturated rings. The van der Waals surface area contributed by atoms with Gasteiger partial charge in [-0.25, -0.2) is 0 Å². The van der Waals surface area contributed by atoms with E-state index in [-0.39, 0.29) is 10.8 Å². The summed E-state index contributed by atoms with van der Waals surface area (Å²) in [5.74, 6) is 0. The highest BCUT2D eigenvalue weighted by molar-refractivity contribution is 7.13. The van der Waals surface area contributed by atoms with Gasteiger partial charge in [0.05, 0.1) is 0 Å². The van der Waals surface area contributed by atoms with Crippen molar-refractivity contribution in [2.24, 2.45) is 0 Å². The molecule has 0 radical (unpaired) electrons. The second-order valence-electron chi connectivity index (χ2n) is 13.4. The third-order valence-electron chi connectivity index (χ3n) is 8.85. The Kier molecular flexibility index (Phi) is 6.19. The van der Waals surface area contributed by atoms with E-state index in [4.69, 9.17) is 0 Å². The Balaban J connectivity index is 1.74. The summed E-state index contributed by atoms with van der Waals surface area (Å²) in [6.45, 7) is 14.2. The first-order valence-electron chi connectivity index (χ1n) is 14.4. The van der Waals surface area contributed by atoms with Gasteiger partial charge in [-0.05, 0) is 66.2 Å². The van der Waals surface area contributed by atoms with Gasteiger partial charge in [0, 0.05) is 5.54 Å². The quantitative estimate of drug-likeness (QED) is 0.166. The van der Waals surface area contributed by atoms with Gasteiger partial charge in [0.1, 0.15) is 0 Å². The minimum absolute atomic E-state index is 0.0174. The summed E-state index contributed by atoms with van der Waals surface area (Å²) in [6.07, 6.45) is 10.5. The van der Waals surface area contributed by atoms with Crippen LogP contribution in [0.1, 0.15) is 63.8 Å². The van der Waals surface area contributed by atoms with Gasteiger partial charge in [-0.3, -0.25) is 0 Å². The van der Waals surface area contributed by atoms with E-state index in [1.165, 1.54) is 38.2 Å². The topological polar surface area (TPSA) is 0 Å². The van der Waals surface area contributed by atoms with Crippen LogP contribution in [0.3, 0.4) is 0 Å². The smallest absolute Gasteiger partial charge is 0.0793 e. The molecule has 6 rings (SSSR count). The largest absolute Gasteiger partial charge is 0.159 e. The molecule has 0 saturated carbocycles. The van der Waals surface area contributed by atoms with Crippen LogP contribution in [0.5, 0.6) is 0 Å². The van der Waals surface area contributed by atoms with Gasteiger partial charge in [0.2, 0.25) is 0 Å². The zero-order valence-corrected chi connectivity index (χ0v) is 25.3. The second kappa shape index (κ2) is 9.35. The number of hydrogen-bond donors (Lipinski definition) is 0. The van der Waals surface area contributed by atoms with Crippen molar-refractivity contribution in [3.05, 3.63) is 138 Å². The van der Waals surface area contributed by atoms with E-state index >= 15 is 0 Å². The molecule has 0 nitrogen and oxygen atoms in total. The molecule has 0 N–H and O–H groups in total. The number of benzene rings is 4. The third kappa shape index (κ3) is 4.19. The summed E-state index contributed by atoms with van der Waals surface area (Å²) in [4.78, 5) is 0. The predicted molar refractivity (Wildman–Crippen MR) is 172 cm³/mol. The lowest BCUT2D eigenvalue weighted by Gasteiger charge is -2.42. The third-order valence-corrected chi connectivity index (χ3v) is 14.1. The van der Waals surface area contributed by atoms with Crippen LogP contribution in [0.2, 0.25) is 5.54 Å². The zero-order chi connectivity index (χ0) is 27.4. The lowest BCUT2D eigenvalue weighted by atomic mass is 9.84. The monoisotopic (exact) mass is 524 g/mol. The average molecular weight is 525 g/mol. The minimum atomic E-state index is -2.57. The normalized spacial score (nSPS) is 15.0. The van der Waals surface area contributed by atoms with Crippen molar-refractivity contribution >= 4 is 23.6 Å². The fourth-order valence-corrected chi connectivity index (χ4v) is 12.8. The van der Waals surface area contributed by atoms with Gasteiger partial charge in [-0.2, -0.15) is 0 Å². The standard InChI is InChI=1S/C38H40Si/c1-37(2,3)28-21-22-32-27(25-28)26-34-33(32)23-24-35(38(4,5)6)36(34)39(31-19-13-14-20-31,29-15-9-7-10-16-29)30-17-11-8-12-18-30/h7-25,31H,26H2,1-6H3. The van der Waals surface area contributed by atoms with E-state index in [1.54, 1.807) is 10.8 Å². The van der Waals surface area contributed by atoms with E-state index in [0.29, 0.717) is 5.54 Å². The number of rotatable bonds is 4. The second-order valence-corrected chi connectivity index (χ2v) is 17.3. The summed E-state index contributed by atoms with van der Waals surface area (Å²) in [5.41, 5.74) is 9.30. The molecule has 1 heteroatoms. The molecule has 0 aromatic heterocycles. The summed E-state index contributed by atoms with van der Waals surface area (Å²) in [6, 6.07) is 35.1. The molecular formula is C38H40Si. The highest BCUT2D eigenvalue weighted by Crippen LogP contribution is 2.42. The van der Waals surface area contributed by atoms with E-state index in [9.17, 15) is 0 Å². The summed E-state index contributed by atoms with van der Waals surface area (Å²) in [7, 11) is -2.57. The first kappa shape index (κ1) is 25.8. The maximum atomic E-state index is 2.49. The van der Waals surface area contributed by atoms with Crippen LogP contribution in [0, 0.1) is 0 Å². The molecule has 0 heterocycles. The summed E-state index contributed by atoms with van der Waals surface area (Å²) >= 11 is 0. The Labute approximate surface area is 236 Å². The van der Waals surface area contributed by atoms with Gasteiger partial charge in [0.25, 0.3) is 0 Å². The molecular weight excluding hydrogens is 485 g/mol. The van der Waals surface area contributed by atoms with Crippen molar-refractivity contribution < 1.29 is 0 Å². The predicted octanol–water partition coefficient (Wildman–Crippen LogP) is 7.82. The van der Waals surface area contributed by atoms with Crippen molar-refractivity contribution in [2.75, 3.05) is 0 Å². The molecule has 39 heavy (non-hydrogen) atoms. The molecule has 4 aromatic carbocycles. The zero-order valence-electron chi connectivity index (χ0n) is 24.3. The van der Waals surface area contributed by atoms with Gasteiger partial charge >= 0.3 is 0 Å². The molecule has 196 valence electrons. The van der Waals surface area contributed by atoms with Crippen LogP contribution in [-0.4, -0.2) is 8.07 Å². The molecule has 0 atom stereocenters. The lowest BCUT2D eigenvalue weighted by Crippen LogP contribution is -2.71. The molecule has 2 aliphatic carbocycles. The molecule has 0 saturated heterocycles. The Hall–Kier alpha value is -3.42.